The van der Waals surface area contributed by atoms with Crippen LogP contribution in [-0.2, 0) is 11.3 Å². The normalized spacial score (nSPS) is 18.8. The number of aliphatic imine (C=N–C) groups is 1. The number of hydrogen-bond donors (Lipinski definition) is 1. The van der Waals surface area contributed by atoms with Crippen molar-refractivity contribution < 1.29 is 4.74 Å². The predicted molar refractivity (Wildman–Crippen MR) is 99.2 cm³/mol. The summed E-state index contributed by atoms with van der Waals surface area (Å²) < 4.78 is 6.58. The van der Waals surface area contributed by atoms with Gasteiger partial charge in [-0.2, -0.15) is 0 Å². The van der Waals surface area contributed by atoms with Crippen molar-refractivity contribution in [2.75, 3.05) is 33.9 Å². The summed E-state index contributed by atoms with van der Waals surface area (Å²) in [5.74, 6) is 1.56. The highest BCUT2D eigenvalue weighted by atomic mass is 127. The predicted octanol–water partition coefficient (Wildman–Crippen LogP) is 3.17. The summed E-state index contributed by atoms with van der Waals surface area (Å²) in [6.45, 7) is 3.57. The molecule has 1 aliphatic rings. The van der Waals surface area contributed by atoms with E-state index in [9.17, 15) is 0 Å². The van der Waals surface area contributed by atoms with E-state index >= 15 is 0 Å². The molecule has 1 aromatic rings. The third-order valence-electron chi connectivity index (χ3n) is 3.20. The van der Waals surface area contributed by atoms with Gasteiger partial charge >= 0.3 is 0 Å². The van der Waals surface area contributed by atoms with Crippen LogP contribution in [0.25, 0.3) is 0 Å². The van der Waals surface area contributed by atoms with E-state index < -0.39 is 0 Å². The molecule has 0 aliphatic carbocycles. The van der Waals surface area contributed by atoms with E-state index in [4.69, 9.17) is 4.74 Å². The average Bonchev–Trinajstić information content (AvgIpc) is 3.02. The van der Waals surface area contributed by atoms with E-state index in [1.807, 2.05) is 7.05 Å². The standard InChI is InChI=1S/C13H20BrN3OS.HI/c1-15-13(16-6-11-5-12(14)19-9-11)17(2)7-10-3-4-18-8-10;/h5,9-10H,3-4,6-8H2,1-2H3,(H,15,16);1H. The molecule has 4 nitrogen and oxygen atoms in total. The molecule has 1 aromatic heterocycles. The zero-order valence-corrected chi connectivity index (χ0v) is 16.5. The number of ether oxygens (including phenoxy) is 1. The largest absolute Gasteiger partial charge is 0.381 e. The number of thiophene rings is 1. The highest BCUT2D eigenvalue weighted by Gasteiger charge is 2.18. The van der Waals surface area contributed by atoms with Crippen molar-refractivity contribution in [3.05, 3.63) is 20.8 Å². The van der Waals surface area contributed by atoms with Crippen LogP contribution in [0.5, 0.6) is 0 Å². The Balaban J connectivity index is 0.00000200. The van der Waals surface area contributed by atoms with Gasteiger partial charge in [0.2, 0.25) is 0 Å². The average molecular weight is 474 g/mol. The van der Waals surface area contributed by atoms with Crippen molar-refractivity contribution in [2.24, 2.45) is 10.9 Å². The molecule has 1 N–H and O–H groups in total. The van der Waals surface area contributed by atoms with E-state index in [-0.39, 0.29) is 24.0 Å². The number of nitrogens with zero attached hydrogens (tertiary/aromatic N) is 2. The molecule has 0 amide bonds. The Bertz CT molecular complexity index is 435. The first kappa shape index (κ1) is 18.2. The van der Waals surface area contributed by atoms with Gasteiger partial charge in [-0.1, -0.05) is 0 Å². The second kappa shape index (κ2) is 9.22. The lowest BCUT2D eigenvalue weighted by Crippen LogP contribution is -2.41. The van der Waals surface area contributed by atoms with Crippen LogP contribution < -0.4 is 5.32 Å². The summed E-state index contributed by atoms with van der Waals surface area (Å²) in [5, 5.41) is 5.54. The van der Waals surface area contributed by atoms with Crippen molar-refractivity contribution in [3.63, 3.8) is 0 Å². The molecule has 0 saturated carbocycles. The van der Waals surface area contributed by atoms with Crippen molar-refractivity contribution in [3.8, 4) is 0 Å². The van der Waals surface area contributed by atoms with Gasteiger partial charge in [-0.15, -0.1) is 35.3 Å². The fraction of sp³-hybridized carbons (Fsp3) is 0.615. The van der Waals surface area contributed by atoms with Crippen molar-refractivity contribution in [2.45, 2.75) is 13.0 Å². The van der Waals surface area contributed by atoms with Gasteiger partial charge in [0.25, 0.3) is 0 Å². The van der Waals surface area contributed by atoms with Crippen molar-refractivity contribution in [1.29, 1.82) is 0 Å². The van der Waals surface area contributed by atoms with E-state index in [0.29, 0.717) is 5.92 Å². The Morgan fingerprint density at radius 1 is 1.65 bits per heavy atom. The van der Waals surface area contributed by atoms with Gasteiger partial charge in [-0.25, -0.2) is 0 Å². The van der Waals surface area contributed by atoms with E-state index in [0.717, 1.165) is 42.5 Å². The summed E-state index contributed by atoms with van der Waals surface area (Å²) in [4.78, 5) is 6.52. The Kier molecular flexibility index (Phi) is 8.38. The molecule has 1 fully saturated rings. The molecular formula is C13H21BrIN3OS. The van der Waals surface area contributed by atoms with Gasteiger partial charge in [0.15, 0.2) is 5.96 Å². The lowest BCUT2D eigenvalue weighted by Gasteiger charge is -2.24. The molecule has 2 heterocycles. The first-order valence-electron chi connectivity index (χ1n) is 6.41. The monoisotopic (exact) mass is 473 g/mol. The smallest absolute Gasteiger partial charge is 0.193 e. The zero-order valence-electron chi connectivity index (χ0n) is 11.8. The molecule has 0 spiro atoms. The Hall–Kier alpha value is 0.140. The lowest BCUT2D eigenvalue weighted by molar-refractivity contribution is 0.181. The van der Waals surface area contributed by atoms with Gasteiger partial charge < -0.3 is 15.0 Å². The van der Waals surface area contributed by atoms with Crippen LogP contribution in [-0.4, -0.2) is 44.7 Å². The molecule has 0 radical (unpaired) electrons. The van der Waals surface area contributed by atoms with Crippen LogP contribution in [0.2, 0.25) is 0 Å². The minimum Gasteiger partial charge on any atom is -0.381 e. The van der Waals surface area contributed by atoms with Crippen molar-refractivity contribution >= 4 is 57.2 Å². The van der Waals surface area contributed by atoms with E-state index in [2.05, 4.69) is 49.6 Å². The Morgan fingerprint density at radius 3 is 3.00 bits per heavy atom. The molecule has 7 heteroatoms. The van der Waals surface area contributed by atoms with Crippen molar-refractivity contribution in [1.82, 2.24) is 10.2 Å². The third kappa shape index (κ3) is 5.50. The summed E-state index contributed by atoms with van der Waals surface area (Å²) in [7, 11) is 3.91. The topological polar surface area (TPSA) is 36.9 Å². The second-order valence-electron chi connectivity index (χ2n) is 4.77. The van der Waals surface area contributed by atoms with Crippen LogP contribution in [0.3, 0.4) is 0 Å². The summed E-state index contributed by atoms with van der Waals surface area (Å²) in [5.41, 5.74) is 1.27. The zero-order chi connectivity index (χ0) is 13.7. The highest BCUT2D eigenvalue weighted by Crippen LogP contribution is 2.20. The maximum Gasteiger partial charge on any atom is 0.193 e. The van der Waals surface area contributed by atoms with Gasteiger partial charge in [-0.05, 0) is 39.4 Å². The molecule has 1 unspecified atom stereocenters. The number of hydrogen-bond acceptors (Lipinski definition) is 3. The SMILES string of the molecule is CN=C(NCc1csc(Br)c1)N(C)CC1CCOC1.I. The first-order valence-corrected chi connectivity index (χ1v) is 8.08. The van der Waals surface area contributed by atoms with Crippen LogP contribution >= 0.6 is 51.2 Å². The third-order valence-corrected chi connectivity index (χ3v) is 4.76. The molecule has 0 bridgehead atoms. The van der Waals surface area contributed by atoms with E-state index in [1.54, 1.807) is 11.3 Å². The summed E-state index contributed by atoms with van der Waals surface area (Å²) >= 11 is 5.18. The summed E-state index contributed by atoms with van der Waals surface area (Å²) in [6, 6.07) is 2.13. The van der Waals surface area contributed by atoms with Gasteiger partial charge in [-0.3, -0.25) is 4.99 Å². The van der Waals surface area contributed by atoms with Gasteiger partial charge in [0.1, 0.15) is 0 Å². The van der Waals surface area contributed by atoms with Gasteiger partial charge in [0.05, 0.1) is 10.4 Å². The quantitative estimate of drug-likeness (QED) is 0.414. The molecule has 0 aromatic carbocycles. The van der Waals surface area contributed by atoms with Gasteiger partial charge in [0, 0.05) is 39.7 Å². The highest BCUT2D eigenvalue weighted by molar-refractivity contribution is 14.0. The number of guanidine groups is 1. The molecule has 2 rings (SSSR count). The first-order chi connectivity index (χ1) is 9.19. The second-order valence-corrected chi connectivity index (χ2v) is 7.06. The van der Waals surface area contributed by atoms with Crippen LogP contribution in [0.1, 0.15) is 12.0 Å². The van der Waals surface area contributed by atoms with Crippen LogP contribution in [0.4, 0.5) is 0 Å². The number of nitrogens with one attached hydrogen (secondary N) is 1. The molecule has 1 atom stereocenters. The maximum absolute atomic E-state index is 5.41. The molecule has 1 aliphatic heterocycles. The van der Waals surface area contributed by atoms with Crippen LogP contribution in [0.15, 0.2) is 20.2 Å². The minimum absolute atomic E-state index is 0. The molecule has 114 valence electrons. The molecule has 20 heavy (non-hydrogen) atoms. The maximum atomic E-state index is 5.41. The summed E-state index contributed by atoms with van der Waals surface area (Å²) in [6.07, 6.45) is 1.15. The molecule has 1 saturated heterocycles. The molecular weight excluding hydrogens is 453 g/mol. The fourth-order valence-corrected chi connectivity index (χ4v) is 3.41. The van der Waals surface area contributed by atoms with Crippen LogP contribution in [0, 0.1) is 5.92 Å². The Labute approximate surface area is 150 Å². The van der Waals surface area contributed by atoms with E-state index in [1.165, 1.54) is 5.56 Å². The minimum atomic E-state index is 0. The number of halogens is 2. The number of rotatable bonds is 4. The fourth-order valence-electron chi connectivity index (χ4n) is 2.21. The Morgan fingerprint density at radius 2 is 2.45 bits per heavy atom. The lowest BCUT2D eigenvalue weighted by atomic mass is 10.1.